The number of aryl methyl sites for hydroxylation is 2. The average molecular weight is 365 g/mol. The number of carbonyl (C=O) groups is 1. The van der Waals surface area contributed by atoms with E-state index >= 15 is 0 Å². The largest absolute Gasteiger partial charge is 0.481 e. The molecular formula is C22H23NO4. The summed E-state index contributed by atoms with van der Waals surface area (Å²) in [5.74, 6) is 0.230. The number of nitrogens with one attached hydrogen (secondary N) is 1. The van der Waals surface area contributed by atoms with Crippen molar-refractivity contribution in [2.24, 2.45) is 0 Å². The number of benzene rings is 2. The van der Waals surface area contributed by atoms with Crippen molar-refractivity contribution in [3.05, 3.63) is 70.1 Å². The number of rotatable bonds is 6. The van der Waals surface area contributed by atoms with Gasteiger partial charge in [0.05, 0.1) is 0 Å². The van der Waals surface area contributed by atoms with Crippen LogP contribution < -0.4 is 15.7 Å². The van der Waals surface area contributed by atoms with Crippen LogP contribution in [0.1, 0.15) is 31.4 Å². The molecule has 0 radical (unpaired) electrons. The van der Waals surface area contributed by atoms with Gasteiger partial charge in [-0.2, -0.15) is 0 Å². The maximum absolute atomic E-state index is 12.4. The van der Waals surface area contributed by atoms with Gasteiger partial charge in [0.15, 0.2) is 6.10 Å². The molecular weight excluding hydrogens is 342 g/mol. The molecule has 0 bridgehead atoms. The van der Waals surface area contributed by atoms with Gasteiger partial charge in [0, 0.05) is 23.2 Å². The SMILES string of the molecule is CCCc1cc(=O)oc2cc(O[C@@H](C)C(=O)Nc3cccc(C)c3)ccc12. The highest BCUT2D eigenvalue weighted by Gasteiger charge is 2.16. The summed E-state index contributed by atoms with van der Waals surface area (Å²) in [7, 11) is 0. The monoisotopic (exact) mass is 365 g/mol. The lowest BCUT2D eigenvalue weighted by Crippen LogP contribution is -2.30. The fourth-order valence-corrected chi connectivity index (χ4v) is 2.98. The molecule has 5 heteroatoms. The molecule has 3 aromatic rings. The number of hydrogen-bond donors (Lipinski definition) is 1. The molecule has 140 valence electrons. The van der Waals surface area contributed by atoms with Crippen molar-refractivity contribution < 1.29 is 13.9 Å². The van der Waals surface area contributed by atoms with Gasteiger partial charge in [0.25, 0.3) is 5.91 Å². The third-order valence-electron chi connectivity index (χ3n) is 4.29. The second kappa shape index (κ2) is 8.08. The fourth-order valence-electron chi connectivity index (χ4n) is 2.98. The minimum atomic E-state index is -0.700. The van der Waals surface area contributed by atoms with Crippen LogP contribution in [-0.2, 0) is 11.2 Å². The molecule has 0 aliphatic carbocycles. The summed E-state index contributed by atoms with van der Waals surface area (Å²) in [5, 5.41) is 3.73. The maximum atomic E-state index is 12.4. The second-order valence-corrected chi connectivity index (χ2v) is 6.62. The van der Waals surface area contributed by atoms with E-state index < -0.39 is 6.10 Å². The van der Waals surface area contributed by atoms with E-state index in [2.05, 4.69) is 12.2 Å². The highest BCUT2D eigenvalue weighted by molar-refractivity contribution is 5.94. The van der Waals surface area contributed by atoms with Crippen molar-refractivity contribution in [1.82, 2.24) is 0 Å². The first-order valence-corrected chi connectivity index (χ1v) is 9.07. The van der Waals surface area contributed by atoms with Crippen LogP contribution in [0.2, 0.25) is 0 Å². The Morgan fingerprint density at radius 2 is 2.00 bits per heavy atom. The fraction of sp³-hybridized carbons (Fsp3) is 0.273. The van der Waals surface area contributed by atoms with Gasteiger partial charge >= 0.3 is 5.63 Å². The predicted octanol–water partition coefficient (Wildman–Crippen LogP) is 4.46. The van der Waals surface area contributed by atoms with E-state index in [1.807, 2.05) is 37.3 Å². The highest BCUT2D eigenvalue weighted by atomic mass is 16.5. The molecule has 5 nitrogen and oxygen atoms in total. The Hall–Kier alpha value is -3.08. The summed E-state index contributed by atoms with van der Waals surface area (Å²) < 4.78 is 11.1. The van der Waals surface area contributed by atoms with E-state index in [1.165, 1.54) is 6.07 Å². The maximum Gasteiger partial charge on any atom is 0.336 e. The van der Waals surface area contributed by atoms with Crippen LogP contribution in [0, 0.1) is 6.92 Å². The number of hydrogen-bond acceptors (Lipinski definition) is 4. The molecule has 0 saturated heterocycles. The number of carbonyl (C=O) groups excluding carboxylic acids is 1. The van der Waals surface area contributed by atoms with Crippen LogP contribution in [0.15, 0.2) is 57.7 Å². The van der Waals surface area contributed by atoms with Crippen LogP contribution in [-0.4, -0.2) is 12.0 Å². The van der Waals surface area contributed by atoms with E-state index in [-0.39, 0.29) is 11.5 Å². The molecule has 1 aromatic heterocycles. The summed E-state index contributed by atoms with van der Waals surface area (Å²) in [5.41, 5.74) is 2.83. The normalized spacial score (nSPS) is 12.0. The standard InChI is InChI=1S/C22H23NO4/c1-4-6-16-12-21(24)27-20-13-18(9-10-19(16)20)26-15(3)22(25)23-17-8-5-7-14(2)11-17/h5,7-13,15H,4,6H2,1-3H3,(H,23,25)/t15-/m0/s1. The Labute approximate surface area is 158 Å². The van der Waals surface area contributed by atoms with E-state index in [4.69, 9.17) is 9.15 Å². The van der Waals surface area contributed by atoms with Gasteiger partial charge in [0.2, 0.25) is 0 Å². The molecule has 0 aliphatic heterocycles. The van der Waals surface area contributed by atoms with Gasteiger partial charge in [-0.3, -0.25) is 4.79 Å². The molecule has 1 amide bonds. The van der Waals surface area contributed by atoms with Crippen LogP contribution in [0.4, 0.5) is 5.69 Å². The Morgan fingerprint density at radius 1 is 1.19 bits per heavy atom. The molecule has 3 rings (SSSR count). The van der Waals surface area contributed by atoms with E-state index in [0.29, 0.717) is 11.3 Å². The summed E-state index contributed by atoms with van der Waals surface area (Å²) in [6.07, 6.45) is 1.04. The van der Waals surface area contributed by atoms with Gasteiger partial charge < -0.3 is 14.5 Å². The molecule has 27 heavy (non-hydrogen) atoms. The van der Waals surface area contributed by atoms with Gasteiger partial charge in [-0.25, -0.2) is 4.79 Å². The molecule has 1 N–H and O–H groups in total. The third-order valence-corrected chi connectivity index (χ3v) is 4.29. The Morgan fingerprint density at radius 3 is 2.74 bits per heavy atom. The molecule has 1 atom stereocenters. The smallest absolute Gasteiger partial charge is 0.336 e. The molecule has 1 heterocycles. The Kier molecular flexibility index (Phi) is 5.60. The minimum absolute atomic E-state index is 0.248. The first-order chi connectivity index (χ1) is 13.0. The molecule has 0 aliphatic rings. The number of amides is 1. The molecule has 2 aromatic carbocycles. The summed E-state index contributed by atoms with van der Waals surface area (Å²) in [6.45, 7) is 5.71. The molecule has 0 saturated carbocycles. The lowest BCUT2D eigenvalue weighted by atomic mass is 10.1. The highest BCUT2D eigenvalue weighted by Crippen LogP contribution is 2.24. The zero-order valence-electron chi connectivity index (χ0n) is 15.7. The first-order valence-electron chi connectivity index (χ1n) is 9.07. The van der Waals surface area contributed by atoms with E-state index in [1.54, 1.807) is 19.1 Å². The van der Waals surface area contributed by atoms with Gasteiger partial charge in [-0.1, -0.05) is 25.5 Å². The Bertz CT molecular complexity index is 1020. The van der Waals surface area contributed by atoms with E-state index in [9.17, 15) is 9.59 Å². The van der Waals surface area contributed by atoms with Crippen molar-refractivity contribution in [3.8, 4) is 5.75 Å². The minimum Gasteiger partial charge on any atom is -0.481 e. The van der Waals surface area contributed by atoms with Gasteiger partial charge in [-0.05, 0) is 55.7 Å². The van der Waals surface area contributed by atoms with Gasteiger partial charge in [0.1, 0.15) is 11.3 Å². The van der Waals surface area contributed by atoms with Crippen molar-refractivity contribution in [3.63, 3.8) is 0 Å². The van der Waals surface area contributed by atoms with Crippen molar-refractivity contribution in [2.75, 3.05) is 5.32 Å². The lowest BCUT2D eigenvalue weighted by Gasteiger charge is -2.15. The topological polar surface area (TPSA) is 68.5 Å². The van der Waals surface area contributed by atoms with Crippen LogP contribution in [0.5, 0.6) is 5.75 Å². The van der Waals surface area contributed by atoms with Gasteiger partial charge in [-0.15, -0.1) is 0 Å². The average Bonchev–Trinajstić information content (AvgIpc) is 2.61. The lowest BCUT2D eigenvalue weighted by molar-refractivity contribution is -0.122. The summed E-state index contributed by atoms with van der Waals surface area (Å²) >= 11 is 0. The van der Waals surface area contributed by atoms with Crippen molar-refractivity contribution in [2.45, 2.75) is 39.7 Å². The molecule has 0 unspecified atom stereocenters. The first kappa shape index (κ1) is 18.7. The quantitative estimate of drug-likeness (QED) is 0.655. The zero-order chi connectivity index (χ0) is 19.4. The molecule has 0 fully saturated rings. The molecule has 0 spiro atoms. The zero-order valence-corrected chi connectivity index (χ0v) is 15.7. The number of ether oxygens (including phenoxy) is 1. The third kappa shape index (κ3) is 4.56. The van der Waals surface area contributed by atoms with Crippen molar-refractivity contribution >= 4 is 22.6 Å². The van der Waals surface area contributed by atoms with Crippen LogP contribution >= 0.6 is 0 Å². The second-order valence-electron chi connectivity index (χ2n) is 6.62. The number of anilines is 1. The van der Waals surface area contributed by atoms with E-state index in [0.717, 1.165) is 35.0 Å². The van der Waals surface area contributed by atoms with Crippen LogP contribution in [0.3, 0.4) is 0 Å². The number of fused-ring (bicyclic) bond motifs is 1. The summed E-state index contributed by atoms with van der Waals surface area (Å²) in [6, 6.07) is 14.4. The van der Waals surface area contributed by atoms with Crippen molar-refractivity contribution in [1.29, 1.82) is 0 Å². The summed E-state index contributed by atoms with van der Waals surface area (Å²) in [4.78, 5) is 24.2. The van der Waals surface area contributed by atoms with Crippen LogP contribution in [0.25, 0.3) is 11.0 Å². The Balaban J connectivity index is 1.77. The predicted molar refractivity (Wildman–Crippen MR) is 106 cm³/mol.